The van der Waals surface area contributed by atoms with Crippen molar-refractivity contribution < 1.29 is 24.2 Å². The Labute approximate surface area is 223 Å². The fraction of sp³-hybridized carbons (Fsp3) is 0.500. The van der Waals surface area contributed by atoms with Crippen molar-refractivity contribution in [3.63, 3.8) is 0 Å². The number of methoxy groups -OCH3 is 2. The molecule has 5 rings (SSSR count). The number of rotatable bonds is 6. The molecular weight excluding hydrogens is 482 g/mol. The van der Waals surface area contributed by atoms with Crippen molar-refractivity contribution in [1.29, 1.82) is 0 Å². The molecule has 0 saturated heterocycles. The van der Waals surface area contributed by atoms with E-state index >= 15 is 0 Å². The number of carbonyl (C=O) groups excluding carboxylic acids is 1. The number of aliphatic carboxylic acids is 1. The Kier molecular flexibility index (Phi) is 7.43. The SMILES string of the molecule is COC(=O)N1c2ccc3c(nc(CC(C(=O)O)c4ccc(C)cc4)n3C3CCC(OC)CC3)c2CC[C@@H]1C. The number of aryl methyl sites for hydroxylation is 2. The number of carbonyl (C=O) groups is 2. The fourth-order valence-corrected chi connectivity index (χ4v) is 6.24. The molecule has 1 amide bonds. The van der Waals surface area contributed by atoms with Gasteiger partial charge in [-0.25, -0.2) is 9.78 Å². The topological polar surface area (TPSA) is 93.9 Å². The van der Waals surface area contributed by atoms with Crippen molar-refractivity contribution in [3.8, 4) is 0 Å². The monoisotopic (exact) mass is 519 g/mol. The van der Waals surface area contributed by atoms with E-state index in [1.54, 1.807) is 12.0 Å². The van der Waals surface area contributed by atoms with Crippen LogP contribution in [0.3, 0.4) is 0 Å². The van der Waals surface area contributed by atoms with Crippen molar-refractivity contribution >= 4 is 28.8 Å². The molecular formula is C30H37N3O5. The van der Waals surface area contributed by atoms with Gasteiger partial charge in [-0.15, -0.1) is 0 Å². The molecule has 1 unspecified atom stereocenters. The largest absolute Gasteiger partial charge is 0.481 e. The van der Waals surface area contributed by atoms with Gasteiger partial charge in [-0.05, 0) is 70.1 Å². The molecule has 2 aromatic carbocycles. The van der Waals surface area contributed by atoms with E-state index in [1.807, 2.05) is 50.2 Å². The van der Waals surface area contributed by atoms with Crippen LogP contribution in [0.2, 0.25) is 0 Å². The average Bonchev–Trinajstić information content (AvgIpc) is 3.30. The Morgan fingerprint density at radius 1 is 1.05 bits per heavy atom. The molecule has 1 aliphatic heterocycles. The lowest BCUT2D eigenvalue weighted by Gasteiger charge is -2.34. The number of hydrogen-bond acceptors (Lipinski definition) is 5. The fourth-order valence-electron chi connectivity index (χ4n) is 6.24. The first-order valence-electron chi connectivity index (χ1n) is 13.5. The number of aromatic nitrogens is 2. The molecule has 8 nitrogen and oxygen atoms in total. The highest BCUT2D eigenvalue weighted by Gasteiger charge is 2.34. The van der Waals surface area contributed by atoms with Crippen LogP contribution in [0.4, 0.5) is 10.5 Å². The third-order valence-corrected chi connectivity index (χ3v) is 8.41. The number of anilines is 1. The Bertz CT molecular complexity index is 1320. The zero-order valence-corrected chi connectivity index (χ0v) is 22.6. The number of benzene rings is 2. The second kappa shape index (κ2) is 10.8. The molecule has 1 aliphatic carbocycles. The number of ether oxygens (including phenoxy) is 2. The highest BCUT2D eigenvalue weighted by atomic mass is 16.5. The van der Waals surface area contributed by atoms with Crippen LogP contribution in [-0.2, 0) is 27.1 Å². The maximum Gasteiger partial charge on any atom is 0.414 e. The van der Waals surface area contributed by atoms with E-state index in [4.69, 9.17) is 14.5 Å². The average molecular weight is 520 g/mol. The van der Waals surface area contributed by atoms with Crippen LogP contribution in [0, 0.1) is 6.92 Å². The first-order valence-corrected chi connectivity index (χ1v) is 13.5. The van der Waals surface area contributed by atoms with Crippen LogP contribution in [-0.4, -0.2) is 53.1 Å². The van der Waals surface area contributed by atoms with Gasteiger partial charge in [0.25, 0.3) is 0 Å². The molecule has 8 heteroatoms. The molecule has 0 spiro atoms. The van der Waals surface area contributed by atoms with Gasteiger partial charge in [0.15, 0.2) is 0 Å². The summed E-state index contributed by atoms with van der Waals surface area (Å²) in [6.45, 7) is 4.03. The molecule has 2 aliphatic rings. The molecule has 1 saturated carbocycles. The third-order valence-electron chi connectivity index (χ3n) is 8.41. The quantitative estimate of drug-likeness (QED) is 0.443. The highest BCUT2D eigenvalue weighted by Crippen LogP contribution is 2.40. The third kappa shape index (κ3) is 4.77. The lowest BCUT2D eigenvalue weighted by Crippen LogP contribution is -2.42. The van der Waals surface area contributed by atoms with E-state index in [-0.39, 0.29) is 24.3 Å². The van der Waals surface area contributed by atoms with Gasteiger partial charge in [0, 0.05) is 31.2 Å². The van der Waals surface area contributed by atoms with E-state index < -0.39 is 11.9 Å². The van der Waals surface area contributed by atoms with Crippen LogP contribution in [0.25, 0.3) is 11.0 Å². The zero-order chi connectivity index (χ0) is 27.0. The summed E-state index contributed by atoms with van der Waals surface area (Å²) in [5, 5.41) is 10.2. The maximum atomic E-state index is 12.7. The van der Waals surface area contributed by atoms with Crippen LogP contribution in [0.1, 0.15) is 73.5 Å². The number of imidazole rings is 1. The number of amides is 1. The summed E-state index contributed by atoms with van der Waals surface area (Å²) in [6.07, 6.45) is 5.59. The molecule has 0 bridgehead atoms. The van der Waals surface area contributed by atoms with Crippen molar-refractivity contribution in [2.75, 3.05) is 19.1 Å². The molecule has 38 heavy (non-hydrogen) atoms. The Balaban J connectivity index is 1.63. The summed E-state index contributed by atoms with van der Waals surface area (Å²) in [7, 11) is 3.17. The van der Waals surface area contributed by atoms with E-state index in [2.05, 4.69) is 4.57 Å². The standard InChI is InChI=1S/C30H37N3O5/c1-18-5-8-20(9-6-18)24(29(34)35)17-27-31-28-23-14-7-19(2)32(30(36)38-4)25(23)15-16-26(28)33(27)21-10-12-22(37-3)13-11-21/h5-6,8-9,15-16,19,21-22,24H,7,10-14,17H2,1-4H3,(H,34,35)/t19-,21?,22?,24?/m0/s1. The second-order valence-electron chi connectivity index (χ2n) is 10.7. The van der Waals surface area contributed by atoms with Crippen molar-refractivity contribution in [2.45, 2.75) is 82.9 Å². The Morgan fingerprint density at radius 2 is 1.76 bits per heavy atom. The van der Waals surface area contributed by atoms with Gasteiger partial charge in [0.2, 0.25) is 0 Å². The summed E-state index contributed by atoms with van der Waals surface area (Å²) in [6, 6.07) is 12.0. The van der Waals surface area contributed by atoms with E-state index in [0.717, 1.165) is 77.8 Å². The summed E-state index contributed by atoms with van der Waals surface area (Å²) < 4.78 is 13.0. The summed E-state index contributed by atoms with van der Waals surface area (Å²) >= 11 is 0. The Morgan fingerprint density at radius 3 is 2.39 bits per heavy atom. The van der Waals surface area contributed by atoms with Gasteiger partial charge in [0.1, 0.15) is 5.82 Å². The predicted octanol–water partition coefficient (Wildman–Crippen LogP) is 5.79. The van der Waals surface area contributed by atoms with Crippen LogP contribution in [0.15, 0.2) is 36.4 Å². The minimum atomic E-state index is -0.858. The first-order chi connectivity index (χ1) is 18.3. The van der Waals surface area contributed by atoms with E-state index in [9.17, 15) is 14.7 Å². The van der Waals surface area contributed by atoms with Crippen molar-refractivity contribution in [3.05, 3.63) is 58.9 Å². The predicted molar refractivity (Wildman–Crippen MR) is 146 cm³/mol. The molecule has 2 atom stereocenters. The van der Waals surface area contributed by atoms with Crippen LogP contribution in [0.5, 0.6) is 0 Å². The molecule has 1 fully saturated rings. The molecule has 3 aromatic rings. The lowest BCUT2D eigenvalue weighted by atomic mass is 9.91. The summed E-state index contributed by atoms with van der Waals surface area (Å²) in [5.41, 5.74) is 5.59. The zero-order valence-electron chi connectivity index (χ0n) is 22.6. The Hall–Kier alpha value is -3.39. The maximum absolute atomic E-state index is 12.7. The van der Waals surface area contributed by atoms with Gasteiger partial charge >= 0.3 is 12.1 Å². The first kappa shape index (κ1) is 26.2. The molecule has 2 heterocycles. The molecule has 202 valence electrons. The summed E-state index contributed by atoms with van der Waals surface area (Å²) in [5.74, 6) is -0.780. The van der Waals surface area contributed by atoms with Crippen LogP contribution >= 0.6 is 0 Å². The van der Waals surface area contributed by atoms with Crippen LogP contribution < -0.4 is 4.90 Å². The smallest absolute Gasteiger partial charge is 0.414 e. The minimum Gasteiger partial charge on any atom is -0.481 e. The minimum absolute atomic E-state index is 0.0243. The molecule has 0 radical (unpaired) electrons. The molecule has 1 N–H and O–H groups in total. The van der Waals surface area contributed by atoms with Crippen molar-refractivity contribution in [1.82, 2.24) is 9.55 Å². The van der Waals surface area contributed by atoms with Gasteiger partial charge in [-0.3, -0.25) is 9.69 Å². The second-order valence-corrected chi connectivity index (χ2v) is 10.7. The van der Waals surface area contributed by atoms with E-state index in [0.29, 0.717) is 6.42 Å². The number of carboxylic acid groups (broad SMARTS) is 1. The van der Waals surface area contributed by atoms with Gasteiger partial charge in [-0.1, -0.05) is 29.8 Å². The van der Waals surface area contributed by atoms with Gasteiger partial charge in [-0.2, -0.15) is 0 Å². The molecule has 1 aromatic heterocycles. The summed E-state index contributed by atoms with van der Waals surface area (Å²) in [4.78, 5) is 32.0. The van der Waals surface area contributed by atoms with Crippen molar-refractivity contribution in [2.24, 2.45) is 0 Å². The van der Waals surface area contributed by atoms with Gasteiger partial charge < -0.3 is 19.1 Å². The number of carboxylic acids is 1. The lowest BCUT2D eigenvalue weighted by molar-refractivity contribution is -0.138. The normalized spacial score (nSPS) is 22.2. The number of nitrogens with zero attached hydrogens (tertiary/aromatic N) is 3. The number of fused-ring (bicyclic) bond motifs is 3. The van der Waals surface area contributed by atoms with Gasteiger partial charge in [0.05, 0.1) is 35.9 Å². The highest BCUT2D eigenvalue weighted by molar-refractivity contribution is 5.95. The van der Waals surface area contributed by atoms with E-state index in [1.165, 1.54) is 7.11 Å². The number of hydrogen-bond donors (Lipinski definition) is 1.